The van der Waals surface area contributed by atoms with Crippen molar-refractivity contribution in [1.82, 2.24) is 0 Å². The predicted molar refractivity (Wildman–Crippen MR) is 103 cm³/mol. The Bertz CT molecular complexity index is 522. The van der Waals surface area contributed by atoms with Crippen LogP contribution in [0.3, 0.4) is 0 Å². The highest BCUT2D eigenvalue weighted by atomic mass is 35.5. The molecule has 130 valence electrons. The standard InChI is InChI=1S/C18H28N2OS.ClH/c1-12(2)22-11-15-7-5-9-17(13(15)3)20-18(21)10-14-6-4-8-16(14)19;/h5,7,9,12,14,16H,4,6,8,10-11,19H2,1-3H3,(H,20,21);1H/t14-,16+;/m0./s1. The number of thioether (sulfide) groups is 1. The summed E-state index contributed by atoms with van der Waals surface area (Å²) in [6.45, 7) is 6.50. The van der Waals surface area contributed by atoms with Crippen molar-refractivity contribution in [3.8, 4) is 0 Å². The first kappa shape index (κ1) is 20.3. The van der Waals surface area contributed by atoms with Crippen LogP contribution in [0.25, 0.3) is 0 Å². The molecule has 2 rings (SSSR count). The average molecular weight is 357 g/mol. The maximum absolute atomic E-state index is 12.3. The fraction of sp³-hybridized carbons (Fsp3) is 0.611. The number of nitrogens with two attached hydrogens (primary N) is 1. The SMILES string of the molecule is Cc1c(CSC(C)C)cccc1NC(=O)C[C@@H]1CCC[C@H]1N.Cl. The van der Waals surface area contributed by atoms with Crippen LogP contribution < -0.4 is 11.1 Å². The minimum atomic E-state index is 0. The largest absolute Gasteiger partial charge is 0.327 e. The first-order valence-electron chi connectivity index (χ1n) is 8.23. The van der Waals surface area contributed by atoms with Gasteiger partial charge in [-0.15, -0.1) is 12.4 Å². The molecule has 1 aliphatic rings. The van der Waals surface area contributed by atoms with Crippen LogP contribution >= 0.6 is 24.2 Å². The van der Waals surface area contributed by atoms with E-state index in [2.05, 4.69) is 32.2 Å². The van der Waals surface area contributed by atoms with Gasteiger partial charge in [0.2, 0.25) is 5.91 Å². The zero-order valence-electron chi connectivity index (χ0n) is 14.3. The summed E-state index contributed by atoms with van der Waals surface area (Å²) in [5, 5.41) is 3.69. The normalized spacial score (nSPS) is 20.4. The van der Waals surface area contributed by atoms with E-state index in [1.165, 1.54) is 11.1 Å². The van der Waals surface area contributed by atoms with Gasteiger partial charge in [0, 0.05) is 23.9 Å². The van der Waals surface area contributed by atoms with E-state index in [1.54, 1.807) is 0 Å². The molecule has 1 aliphatic carbocycles. The Labute approximate surface area is 150 Å². The molecule has 2 atom stereocenters. The van der Waals surface area contributed by atoms with E-state index in [0.717, 1.165) is 30.7 Å². The van der Waals surface area contributed by atoms with Gasteiger partial charge in [0.25, 0.3) is 0 Å². The Hall–Kier alpha value is -0.710. The third kappa shape index (κ3) is 6.02. The number of anilines is 1. The highest BCUT2D eigenvalue weighted by Gasteiger charge is 2.26. The van der Waals surface area contributed by atoms with Gasteiger partial charge in [-0.3, -0.25) is 4.79 Å². The number of halogens is 1. The van der Waals surface area contributed by atoms with Crippen molar-refractivity contribution in [3.05, 3.63) is 29.3 Å². The highest BCUT2D eigenvalue weighted by molar-refractivity contribution is 7.99. The van der Waals surface area contributed by atoms with Gasteiger partial charge < -0.3 is 11.1 Å². The number of carbonyl (C=O) groups excluding carboxylic acids is 1. The van der Waals surface area contributed by atoms with Gasteiger partial charge in [-0.1, -0.05) is 32.4 Å². The minimum absolute atomic E-state index is 0. The Kier molecular flexibility index (Phi) is 8.45. The minimum Gasteiger partial charge on any atom is -0.327 e. The number of hydrogen-bond acceptors (Lipinski definition) is 3. The average Bonchev–Trinajstić information content (AvgIpc) is 2.85. The van der Waals surface area contributed by atoms with Crippen LogP contribution in [0.5, 0.6) is 0 Å². The molecule has 3 N–H and O–H groups in total. The summed E-state index contributed by atoms with van der Waals surface area (Å²) >= 11 is 1.92. The molecule has 23 heavy (non-hydrogen) atoms. The van der Waals surface area contributed by atoms with Crippen LogP contribution in [0.15, 0.2) is 18.2 Å². The van der Waals surface area contributed by atoms with Crippen molar-refractivity contribution in [3.63, 3.8) is 0 Å². The third-order valence-corrected chi connectivity index (χ3v) is 5.60. The van der Waals surface area contributed by atoms with Crippen LogP contribution in [0, 0.1) is 12.8 Å². The first-order valence-corrected chi connectivity index (χ1v) is 9.27. The molecule has 0 bridgehead atoms. The zero-order valence-corrected chi connectivity index (χ0v) is 15.9. The molecule has 0 radical (unpaired) electrons. The van der Waals surface area contributed by atoms with E-state index in [9.17, 15) is 4.79 Å². The second-order valence-corrected chi connectivity index (χ2v) is 8.12. The van der Waals surface area contributed by atoms with Gasteiger partial charge in [0.1, 0.15) is 0 Å². The smallest absolute Gasteiger partial charge is 0.224 e. The highest BCUT2D eigenvalue weighted by Crippen LogP contribution is 2.28. The van der Waals surface area contributed by atoms with Crippen molar-refractivity contribution in [1.29, 1.82) is 0 Å². The molecule has 0 aliphatic heterocycles. The Morgan fingerprint density at radius 3 is 2.74 bits per heavy atom. The topological polar surface area (TPSA) is 55.1 Å². The second-order valence-electron chi connectivity index (χ2n) is 6.56. The number of hydrogen-bond donors (Lipinski definition) is 2. The van der Waals surface area contributed by atoms with E-state index in [-0.39, 0.29) is 24.4 Å². The second kappa shape index (κ2) is 9.55. The summed E-state index contributed by atoms with van der Waals surface area (Å²) in [5.41, 5.74) is 9.48. The number of nitrogens with one attached hydrogen (secondary N) is 1. The van der Waals surface area contributed by atoms with Gasteiger partial charge >= 0.3 is 0 Å². The Morgan fingerprint density at radius 1 is 1.39 bits per heavy atom. The summed E-state index contributed by atoms with van der Waals surface area (Å²) in [6, 6.07) is 6.36. The van der Waals surface area contributed by atoms with Crippen molar-refractivity contribution in [2.24, 2.45) is 11.7 Å². The maximum atomic E-state index is 12.3. The fourth-order valence-corrected chi connectivity index (χ4v) is 3.82. The van der Waals surface area contributed by atoms with Gasteiger partial charge in [-0.25, -0.2) is 0 Å². The molecule has 1 aromatic rings. The first-order chi connectivity index (χ1) is 10.5. The van der Waals surface area contributed by atoms with Crippen LogP contribution in [0.4, 0.5) is 5.69 Å². The molecule has 0 spiro atoms. The van der Waals surface area contributed by atoms with E-state index in [1.807, 2.05) is 23.9 Å². The number of carbonyl (C=O) groups is 1. The molecule has 0 unspecified atom stereocenters. The molecule has 0 heterocycles. The number of benzene rings is 1. The lowest BCUT2D eigenvalue weighted by molar-refractivity contribution is -0.117. The fourth-order valence-electron chi connectivity index (χ4n) is 2.99. The van der Waals surface area contributed by atoms with Crippen molar-refractivity contribution >= 4 is 35.8 Å². The molecule has 0 saturated heterocycles. The van der Waals surface area contributed by atoms with Crippen molar-refractivity contribution < 1.29 is 4.79 Å². The molecular formula is C18H29ClN2OS. The van der Waals surface area contributed by atoms with E-state index in [4.69, 9.17) is 5.73 Å². The molecule has 1 amide bonds. The number of rotatable bonds is 6. The van der Waals surface area contributed by atoms with E-state index < -0.39 is 0 Å². The maximum Gasteiger partial charge on any atom is 0.224 e. The molecular weight excluding hydrogens is 328 g/mol. The van der Waals surface area contributed by atoms with Gasteiger partial charge in [-0.2, -0.15) is 11.8 Å². The molecule has 0 aromatic heterocycles. The Morgan fingerprint density at radius 2 is 2.13 bits per heavy atom. The predicted octanol–water partition coefficient (Wildman–Crippen LogP) is 4.51. The molecule has 3 nitrogen and oxygen atoms in total. The lowest BCUT2D eigenvalue weighted by Crippen LogP contribution is -2.28. The van der Waals surface area contributed by atoms with Crippen LogP contribution in [0.1, 0.15) is 50.7 Å². The third-order valence-electron chi connectivity index (χ3n) is 4.46. The number of amides is 1. The summed E-state index contributed by atoms with van der Waals surface area (Å²) in [4.78, 5) is 12.3. The van der Waals surface area contributed by atoms with Gasteiger partial charge in [0.15, 0.2) is 0 Å². The van der Waals surface area contributed by atoms with Crippen LogP contribution in [-0.4, -0.2) is 17.2 Å². The quantitative estimate of drug-likeness (QED) is 0.788. The summed E-state index contributed by atoms with van der Waals surface area (Å²) in [5.74, 6) is 1.43. The van der Waals surface area contributed by atoms with Crippen LogP contribution in [0.2, 0.25) is 0 Å². The van der Waals surface area contributed by atoms with Crippen molar-refractivity contribution in [2.75, 3.05) is 5.32 Å². The summed E-state index contributed by atoms with van der Waals surface area (Å²) in [7, 11) is 0. The van der Waals surface area contributed by atoms with Gasteiger partial charge in [-0.05, 0) is 48.1 Å². The molecule has 1 saturated carbocycles. The van der Waals surface area contributed by atoms with Gasteiger partial charge in [0.05, 0.1) is 0 Å². The van der Waals surface area contributed by atoms with E-state index >= 15 is 0 Å². The lowest BCUT2D eigenvalue weighted by atomic mass is 9.99. The monoisotopic (exact) mass is 356 g/mol. The molecule has 1 fully saturated rings. The van der Waals surface area contributed by atoms with E-state index in [0.29, 0.717) is 17.6 Å². The summed E-state index contributed by atoms with van der Waals surface area (Å²) < 4.78 is 0. The zero-order chi connectivity index (χ0) is 16.1. The lowest BCUT2D eigenvalue weighted by Gasteiger charge is -2.17. The molecule has 5 heteroatoms. The molecule has 1 aromatic carbocycles. The van der Waals surface area contributed by atoms with Crippen LogP contribution in [-0.2, 0) is 10.5 Å². The Balaban J connectivity index is 0.00000264. The van der Waals surface area contributed by atoms with Crippen molar-refractivity contribution in [2.45, 2.75) is 63.5 Å². The summed E-state index contributed by atoms with van der Waals surface area (Å²) in [6.07, 6.45) is 3.84.